The van der Waals surface area contributed by atoms with E-state index in [0.717, 1.165) is 17.1 Å². The number of aromatic nitrogens is 1. The minimum atomic E-state index is -0.168. The Balaban J connectivity index is 1.48. The van der Waals surface area contributed by atoms with E-state index in [1.807, 2.05) is 16.8 Å². The number of carbonyl (C=O) groups is 2. The minimum Gasteiger partial charge on any atom is -0.497 e. The number of hydrogen-bond acceptors (Lipinski definition) is 6. The molecule has 2 aromatic heterocycles. The second kappa shape index (κ2) is 8.59. The first kappa shape index (κ1) is 18.1. The fourth-order valence-electron chi connectivity index (χ4n) is 2.19. The van der Waals surface area contributed by atoms with Gasteiger partial charge in [-0.15, -0.1) is 22.7 Å². The summed E-state index contributed by atoms with van der Waals surface area (Å²) in [4.78, 5) is 29.0. The van der Waals surface area contributed by atoms with Crippen LogP contribution in [0.15, 0.2) is 47.2 Å². The van der Waals surface area contributed by atoms with Crippen molar-refractivity contribution in [3.05, 3.63) is 57.7 Å². The van der Waals surface area contributed by atoms with E-state index >= 15 is 0 Å². The Hall–Kier alpha value is -2.71. The van der Waals surface area contributed by atoms with Gasteiger partial charge < -0.3 is 10.1 Å². The molecule has 0 fully saturated rings. The van der Waals surface area contributed by atoms with Crippen LogP contribution in [0.3, 0.4) is 0 Å². The predicted octanol–water partition coefficient (Wildman–Crippen LogP) is 4.04. The summed E-state index contributed by atoms with van der Waals surface area (Å²) in [6.07, 6.45) is 0.821. The number of thiazole rings is 1. The van der Waals surface area contributed by atoms with Crippen LogP contribution in [-0.2, 0) is 11.2 Å². The molecular formula is C18H17N3O3S2. The van der Waals surface area contributed by atoms with Crippen molar-refractivity contribution in [1.29, 1.82) is 0 Å². The van der Waals surface area contributed by atoms with E-state index < -0.39 is 0 Å². The summed E-state index contributed by atoms with van der Waals surface area (Å²) in [5, 5.41) is 9.84. The SMILES string of the molecule is COc1ccc(NC(=O)CCc2csc(NC(=O)c3cccs3)n2)cc1. The molecule has 134 valence electrons. The first-order valence-electron chi connectivity index (χ1n) is 7.87. The van der Waals surface area contributed by atoms with Crippen LogP contribution in [0.5, 0.6) is 5.75 Å². The van der Waals surface area contributed by atoms with Crippen LogP contribution in [0.1, 0.15) is 21.8 Å². The Kier molecular flexibility index (Phi) is 5.98. The number of rotatable bonds is 7. The normalized spacial score (nSPS) is 10.3. The van der Waals surface area contributed by atoms with Crippen LogP contribution in [0.25, 0.3) is 0 Å². The molecule has 3 rings (SSSR count). The molecule has 0 atom stereocenters. The van der Waals surface area contributed by atoms with Crippen molar-refractivity contribution >= 4 is 45.3 Å². The number of amides is 2. The summed E-state index contributed by atoms with van der Waals surface area (Å²) < 4.78 is 5.08. The van der Waals surface area contributed by atoms with Crippen LogP contribution >= 0.6 is 22.7 Å². The van der Waals surface area contributed by atoms with Crippen molar-refractivity contribution in [3.8, 4) is 5.75 Å². The second-order valence-electron chi connectivity index (χ2n) is 5.35. The molecule has 0 aliphatic rings. The van der Waals surface area contributed by atoms with Gasteiger partial charge >= 0.3 is 0 Å². The molecule has 0 saturated carbocycles. The maximum atomic E-state index is 12.0. The van der Waals surface area contributed by atoms with Crippen LogP contribution in [-0.4, -0.2) is 23.9 Å². The third kappa shape index (κ3) is 4.90. The van der Waals surface area contributed by atoms with E-state index in [1.54, 1.807) is 37.4 Å². The van der Waals surface area contributed by atoms with Crippen LogP contribution < -0.4 is 15.4 Å². The Bertz CT molecular complexity index is 873. The van der Waals surface area contributed by atoms with E-state index in [1.165, 1.54) is 22.7 Å². The van der Waals surface area contributed by atoms with E-state index in [4.69, 9.17) is 4.74 Å². The Labute approximate surface area is 158 Å². The number of hydrogen-bond donors (Lipinski definition) is 2. The first-order valence-corrected chi connectivity index (χ1v) is 9.63. The number of benzene rings is 1. The smallest absolute Gasteiger partial charge is 0.267 e. The fourth-order valence-corrected chi connectivity index (χ4v) is 3.54. The molecule has 6 nitrogen and oxygen atoms in total. The van der Waals surface area contributed by atoms with Gasteiger partial charge in [-0.3, -0.25) is 14.9 Å². The number of thiophene rings is 1. The zero-order valence-electron chi connectivity index (χ0n) is 14.0. The lowest BCUT2D eigenvalue weighted by Crippen LogP contribution is -2.12. The molecule has 2 amide bonds. The summed E-state index contributed by atoms with van der Waals surface area (Å²) in [6.45, 7) is 0. The molecule has 0 unspecified atom stereocenters. The summed E-state index contributed by atoms with van der Waals surface area (Å²) >= 11 is 2.73. The van der Waals surface area contributed by atoms with Gasteiger partial charge in [0, 0.05) is 17.5 Å². The monoisotopic (exact) mass is 387 g/mol. The summed E-state index contributed by atoms with van der Waals surface area (Å²) in [5.41, 5.74) is 1.50. The van der Waals surface area contributed by atoms with Crippen LogP contribution in [0.2, 0.25) is 0 Å². The van der Waals surface area contributed by atoms with Crippen LogP contribution in [0, 0.1) is 0 Å². The molecule has 2 heterocycles. The quantitative estimate of drug-likeness (QED) is 0.641. The molecule has 3 aromatic rings. The lowest BCUT2D eigenvalue weighted by atomic mass is 10.2. The Morgan fingerprint density at radius 1 is 1.12 bits per heavy atom. The average molecular weight is 387 g/mol. The van der Waals surface area contributed by atoms with Crippen molar-refractivity contribution in [3.63, 3.8) is 0 Å². The van der Waals surface area contributed by atoms with Gasteiger partial charge in [0.15, 0.2) is 5.13 Å². The van der Waals surface area contributed by atoms with Gasteiger partial charge in [0.2, 0.25) is 5.91 Å². The Morgan fingerprint density at radius 2 is 1.92 bits per heavy atom. The van der Waals surface area contributed by atoms with E-state index in [-0.39, 0.29) is 11.8 Å². The maximum absolute atomic E-state index is 12.0. The number of carbonyl (C=O) groups excluding carboxylic acids is 2. The summed E-state index contributed by atoms with van der Waals surface area (Å²) in [7, 11) is 1.60. The highest BCUT2D eigenvalue weighted by Gasteiger charge is 2.11. The van der Waals surface area contributed by atoms with Gasteiger partial charge in [-0.25, -0.2) is 4.98 Å². The molecule has 0 bridgehead atoms. The molecule has 0 aliphatic carbocycles. The lowest BCUT2D eigenvalue weighted by Gasteiger charge is -2.05. The number of nitrogens with zero attached hydrogens (tertiary/aromatic N) is 1. The average Bonchev–Trinajstić information content (AvgIpc) is 3.33. The van der Waals surface area contributed by atoms with E-state index in [2.05, 4.69) is 15.6 Å². The summed E-state index contributed by atoms with van der Waals surface area (Å²) in [6, 6.07) is 10.7. The van der Waals surface area contributed by atoms with Gasteiger partial charge in [0.05, 0.1) is 17.7 Å². The molecule has 8 heteroatoms. The van der Waals surface area contributed by atoms with Gasteiger partial charge in [-0.2, -0.15) is 0 Å². The van der Waals surface area contributed by atoms with Crippen LogP contribution in [0.4, 0.5) is 10.8 Å². The molecule has 26 heavy (non-hydrogen) atoms. The van der Waals surface area contributed by atoms with Gasteiger partial charge in [0.1, 0.15) is 5.75 Å². The largest absolute Gasteiger partial charge is 0.497 e. The number of methoxy groups -OCH3 is 1. The van der Waals surface area contributed by atoms with Gasteiger partial charge in [0.25, 0.3) is 5.91 Å². The molecule has 0 aliphatic heterocycles. The van der Waals surface area contributed by atoms with E-state index in [0.29, 0.717) is 22.9 Å². The number of ether oxygens (including phenoxy) is 1. The second-order valence-corrected chi connectivity index (χ2v) is 7.16. The first-order chi connectivity index (χ1) is 12.6. The molecule has 0 spiro atoms. The van der Waals surface area contributed by atoms with Gasteiger partial charge in [-0.05, 0) is 42.1 Å². The van der Waals surface area contributed by atoms with Crippen molar-refractivity contribution in [1.82, 2.24) is 4.98 Å². The van der Waals surface area contributed by atoms with Crippen molar-refractivity contribution in [2.45, 2.75) is 12.8 Å². The molecule has 2 N–H and O–H groups in total. The van der Waals surface area contributed by atoms with E-state index in [9.17, 15) is 9.59 Å². The predicted molar refractivity (Wildman–Crippen MR) is 104 cm³/mol. The molecule has 0 radical (unpaired) electrons. The topological polar surface area (TPSA) is 80.3 Å². The lowest BCUT2D eigenvalue weighted by molar-refractivity contribution is -0.116. The highest BCUT2D eigenvalue weighted by molar-refractivity contribution is 7.14. The molecule has 1 aromatic carbocycles. The summed E-state index contributed by atoms with van der Waals surface area (Å²) in [5.74, 6) is 0.480. The minimum absolute atomic E-state index is 0.0904. The van der Waals surface area contributed by atoms with Crippen molar-refractivity contribution < 1.29 is 14.3 Å². The molecular weight excluding hydrogens is 370 g/mol. The van der Waals surface area contributed by atoms with Crippen molar-refractivity contribution in [2.24, 2.45) is 0 Å². The highest BCUT2D eigenvalue weighted by Crippen LogP contribution is 2.19. The third-order valence-electron chi connectivity index (χ3n) is 3.50. The zero-order valence-corrected chi connectivity index (χ0v) is 15.7. The molecule has 0 saturated heterocycles. The Morgan fingerprint density at radius 3 is 2.62 bits per heavy atom. The number of anilines is 2. The fraction of sp³-hybridized carbons (Fsp3) is 0.167. The standard InChI is InChI=1S/C18H17N3O3S2/c1-24-14-7-4-12(5-8-14)19-16(22)9-6-13-11-26-18(20-13)21-17(23)15-3-2-10-25-15/h2-5,7-8,10-11H,6,9H2,1H3,(H,19,22)(H,20,21,23). The third-order valence-corrected chi connectivity index (χ3v) is 5.17. The highest BCUT2D eigenvalue weighted by atomic mass is 32.1. The zero-order chi connectivity index (χ0) is 18.4. The number of nitrogens with one attached hydrogen (secondary N) is 2. The maximum Gasteiger partial charge on any atom is 0.267 e. The number of aryl methyl sites for hydroxylation is 1. The van der Waals surface area contributed by atoms with Gasteiger partial charge in [-0.1, -0.05) is 6.07 Å². The van der Waals surface area contributed by atoms with Crippen molar-refractivity contribution in [2.75, 3.05) is 17.7 Å².